The molecule has 1 aliphatic rings. The highest BCUT2D eigenvalue weighted by Crippen LogP contribution is 2.25. The van der Waals surface area contributed by atoms with Crippen LogP contribution in [0.1, 0.15) is 19.5 Å². The molecule has 1 aliphatic heterocycles. The van der Waals surface area contributed by atoms with Gasteiger partial charge in [0.05, 0.1) is 5.69 Å². The van der Waals surface area contributed by atoms with E-state index >= 15 is 0 Å². The summed E-state index contributed by atoms with van der Waals surface area (Å²) in [7, 11) is 0. The van der Waals surface area contributed by atoms with E-state index in [4.69, 9.17) is 4.98 Å². The van der Waals surface area contributed by atoms with E-state index in [1.165, 1.54) is 12.2 Å². The van der Waals surface area contributed by atoms with Crippen molar-refractivity contribution in [1.29, 1.82) is 0 Å². The Kier molecular flexibility index (Phi) is 4.50. The van der Waals surface area contributed by atoms with Gasteiger partial charge >= 0.3 is 0 Å². The van der Waals surface area contributed by atoms with Crippen LogP contribution in [0.2, 0.25) is 0 Å². The van der Waals surface area contributed by atoms with Gasteiger partial charge in [0.2, 0.25) is 0 Å². The number of hydrogen-bond acceptors (Lipinski definition) is 3. The number of pyridine rings is 1. The molecule has 0 bridgehead atoms. The molecule has 114 valence electrons. The van der Waals surface area contributed by atoms with Gasteiger partial charge in [-0.1, -0.05) is 35.8 Å². The van der Waals surface area contributed by atoms with Crippen LogP contribution >= 0.6 is 15.9 Å². The number of alkyl halides is 1. The maximum atomic E-state index is 4.83. The molecule has 2 aromatic heterocycles. The molecule has 0 radical (unpaired) electrons. The Balaban J connectivity index is 1.79. The Hall–Kier alpha value is -1.07. The van der Waals surface area contributed by atoms with Crippen LogP contribution in [-0.4, -0.2) is 47.0 Å². The van der Waals surface area contributed by atoms with E-state index in [1.54, 1.807) is 0 Å². The second-order valence-corrected chi connectivity index (χ2v) is 6.69. The number of aromatic nitrogens is 2. The quantitative estimate of drug-likeness (QED) is 0.792. The Morgan fingerprint density at radius 1 is 1.19 bits per heavy atom. The number of piperazine rings is 1. The first kappa shape index (κ1) is 14.9. The fourth-order valence-electron chi connectivity index (χ4n) is 3.07. The smallest absolute Gasteiger partial charge is 0.152 e. The third kappa shape index (κ3) is 3.09. The number of hydrogen-bond donors (Lipinski definition) is 0. The van der Waals surface area contributed by atoms with E-state index in [2.05, 4.69) is 62.3 Å². The number of imidazole rings is 1. The predicted octanol–water partition coefficient (Wildman–Crippen LogP) is 3.01. The fraction of sp³-hybridized carbons (Fsp3) is 0.562. The van der Waals surface area contributed by atoms with Crippen molar-refractivity contribution in [1.82, 2.24) is 14.3 Å². The van der Waals surface area contributed by atoms with Gasteiger partial charge in [-0.15, -0.1) is 0 Å². The molecule has 5 heteroatoms. The van der Waals surface area contributed by atoms with Crippen molar-refractivity contribution in [2.24, 2.45) is 5.92 Å². The topological polar surface area (TPSA) is 23.8 Å². The van der Waals surface area contributed by atoms with Gasteiger partial charge in [0.15, 0.2) is 5.82 Å². The van der Waals surface area contributed by atoms with E-state index in [-0.39, 0.29) is 0 Å². The Labute approximate surface area is 134 Å². The minimum Gasteiger partial charge on any atom is -0.352 e. The molecule has 0 saturated carbocycles. The molecule has 3 rings (SSSR count). The van der Waals surface area contributed by atoms with Crippen molar-refractivity contribution in [2.75, 3.05) is 37.6 Å². The average Bonchev–Trinajstić information content (AvgIpc) is 2.86. The maximum Gasteiger partial charge on any atom is 0.152 e. The van der Waals surface area contributed by atoms with Crippen LogP contribution in [0.3, 0.4) is 0 Å². The van der Waals surface area contributed by atoms with E-state index in [9.17, 15) is 0 Å². The third-order valence-corrected chi connectivity index (χ3v) is 4.56. The summed E-state index contributed by atoms with van der Waals surface area (Å²) in [5.74, 6) is 1.88. The number of rotatable bonds is 4. The van der Waals surface area contributed by atoms with Crippen molar-refractivity contribution >= 4 is 27.4 Å². The molecular weight excluding hydrogens is 328 g/mol. The summed E-state index contributed by atoms with van der Waals surface area (Å²) in [6.45, 7) is 10.2. The predicted molar refractivity (Wildman–Crippen MR) is 91.3 cm³/mol. The van der Waals surface area contributed by atoms with Gasteiger partial charge in [0.1, 0.15) is 5.65 Å². The molecule has 2 aromatic rings. The molecule has 0 atom stereocenters. The molecule has 0 aromatic carbocycles. The van der Waals surface area contributed by atoms with Gasteiger partial charge in [-0.2, -0.15) is 0 Å². The van der Waals surface area contributed by atoms with Crippen LogP contribution in [0.25, 0.3) is 5.65 Å². The van der Waals surface area contributed by atoms with E-state index in [0.717, 1.165) is 48.9 Å². The van der Waals surface area contributed by atoms with Crippen molar-refractivity contribution in [3.8, 4) is 0 Å². The summed E-state index contributed by atoms with van der Waals surface area (Å²) >= 11 is 3.62. The summed E-state index contributed by atoms with van der Waals surface area (Å²) in [6, 6.07) is 6.18. The zero-order valence-electron chi connectivity index (χ0n) is 12.8. The van der Waals surface area contributed by atoms with Crippen molar-refractivity contribution in [3.05, 3.63) is 30.1 Å². The van der Waals surface area contributed by atoms with Gasteiger partial charge in [-0.25, -0.2) is 4.98 Å². The summed E-state index contributed by atoms with van der Waals surface area (Å²) in [5, 5.41) is 0.833. The number of halogens is 1. The molecule has 1 fully saturated rings. The standard InChI is InChI=1S/C16H23BrN4/c1-13(2)12-19-7-9-20(10-8-19)16-14(11-17)21-6-4-3-5-15(21)18-16/h3-6,13H,7-12H2,1-2H3. The number of nitrogens with zero attached hydrogens (tertiary/aromatic N) is 4. The molecule has 4 nitrogen and oxygen atoms in total. The summed E-state index contributed by atoms with van der Waals surface area (Å²) in [4.78, 5) is 9.82. The monoisotopic (exact) mass is 350 g/mol. The maximum absolute atomic E-state index is 4.83. The van der Waals surface area contributed by atoms with Crippen LogP contribution in [0.15, 0.2) is 24.4 Å². The normalized spacial score (nSPS) is 17.0. The largest absolute Gasteiger partial charge is 0.352 e. The molecule has 0 unspecified atom stereocenters. The van der Waals surface area contributed by atoms with Crippen LogP contribution in [-0.2, 0) is 5.33 Å². The van der Waals surface area contributed by atoms with Crippen LogP contribution in [0, 0.1) is 5.92 Å². The third-order valence-electron chi connectivity index (χ3n) is 4.03. The lowest BCUT2D eigenvalue weighted by molar-refractivity contribution is 0.231. The van der Waals surface area contributed by atoms with Crippen LogP contribution in [0.4, 0.5) is 5.82 Å². The summed E-state index contributed by atoms with van der Waals surface area (Å²) in [6.07, 6.45) is 2.09. The highest BCUT2D eigenvalue weighted by Gasteiger charge is 2.22. The van der Waals surface area contributed by atoms with Crippen LogP contribution < -0.4 is 4.90 Å². The van der Waals surface area contributed by atoms with Gasteiger partial charge in [-0.05, 0) is 18.1 Å². The van der Waals surface area contributed by atoms with E-state index in [1.807, 2.05) is 6.07 Å². The van der Waals surface area contributed by atoms with Crippen molar-refractivity contribution in [2.45, 2.75) is 19.2 Å². The molecule has 21 heavy (non-hydrogen) atoms. The van der Waals surface area contributed by atoms with Gasteiger partial charge in [0.25, 0.3) is 0 Å². The minimum absolute atomic E-state index is 0.741. The first-order valence-corrected chi connectivity index (χ1v) is 8.80. The Bertz CT molecular complexity index is 599. The van der Waals surface area contributed by atoms with Crippen LogP contribution in [0.5, 0.6) is 0 Å². The van der Waals surface area contributed by atoms with E-state index < -0.39 is 0 Å². The highest BCUT2D eigenvalue weighted by molar-refractivity contribution is 9.08. The SMILES string of the molecule is CC(C)CN1CCN(c2nc3ccccn3c2CBr)CC1. The van der Waals surface area contributed by atoms with Gasteiger partial charge in [0, 0.05) is 44.3 Å². The number of fused-ring (bicyclic) bond motifs is 1. The first-order chi connectivity index (χ1) is 10.2. The van der Waals surface area contributed by atoms with E-state index in [0.29, 0.717) is 0 Å². The molecule has 0 spiro atoms. The summed E-state index contributed by atoms with van der Waals surface area (Å²) in [5.41, 5.74) is 2.29. The zero-order chi connectivity index (χ0) is 14.8. The molecule has 0 aliphatic carbocycles. The molecular formula is C16H23BrN4. The molecule has 3 heterocycles. The molecule has 0 N–H and O–H groups in total. The Morgan fingerprint density at radius 3 is 2.62 bits per heavy atom. The lowest BCUT2D eigenvalue weighted by Crippen LogP contribution is -2.47. The molecule has 1 saturated heterocycles. The lowest BCUT2D eigenvalue weighted by atomic mass is 10.2. The zero-order valence-corrected chi connectivity index (χ0v) is 14.4. The molecule has 0 amide bonds. The number of anilines is 1. The first-order valence-electron chi connectivity index (χ1n) is 7.68. The van der Waals surface area contributed by atoms with Gasteiger partial charge < -0.3 is 9.30 Å². The highest BCUT2D eigenvalue weighted by atomic mass is 79.9. The van der Waals surface area contributed by atoms with Crippen molar-refractivity contribution in [3.63, 3.8) is 0 Å². The minimum atomic E-state index is 0.741. The average molecular weight is 351 g/mol. The fourth-order valence-corrected chi connectivity index (χ4v) is 3.59. The second-order valence-electron chi connectivity index (χ2n) is 6.13. The summed E-state index contributed by atoms with van der Waals surface area (Å²) < 4.78 is 2.19. The van der Waals surface area contributed by atoms with Crippen molar-refractivity contribution < 1.29 is 0 Å². The second kappa shape index (κ2) is 6.36. The van der Waals surface area contributed by atoms with Gasteiger partial charge in [-0.3, -0.25) is 4.90 Å². The Morgan fingerprint density at radius 2 is 1.95 bits per heavy atom. The lowest BCUT2D eigenvalue weighted by Gasteiger charge is -2.36.